The third-order valence-electron chi connectivity index (χ3n) is 4.18. The van der Waals surface area contributed by atoms with Crippen LogP contribution in [-0.4, -0.2) is 24.8 Å². The first-order chi connectivity index (χ1) is 11.3. The average molecular weight is 327 g/mol. The predicted molar refractivity (Wildman–Crippen MR) is 89.7 cm³/mol. The van der Waals surface area contributed by atoms with Crippen LogP contribution < -0.4 is 11.2 Å². The van der Waals surface area contributed by atoms with E-state index in [4.69, 9.17) is 0 Å². The molecular formula is C17H17N3O4. The maximum atomic E-state index is 12.3. The Morgan fingerprint density at radius 1 is 1.08 bits per heavy atom. The minimum absolute atomic E-state index is 0.0242. The van der Waals surface area contributed by atoms with Crippen LogP contribution in [0, 0.1) is 6.92 Å². The van der Waals surface area contributed by atoms with E-state index in [1.165, 1.54) is 29.3 Å². The minimum atomic E-state index is -1.15. The molecule has 124 valence electrons. The zero-order chi connectivity index (χ0) is 17.6. The fraction of sp³-hybridized carbons (Fsp3) is 0.235. The largest absolute Gasteiger partial charge is 0.477 e. The van der Waals surface area contributed by atoms with Crippen LogP contribution in [0.3, 0.4) is 0 Å². The third kappa shape index (κ3) is 2.34. The lowest BCUT2D eigenvalue weighted by molar-refractivity contribution is 0.0686. The van der Waals surface area contributed by atoms with E-state index >= 15 is 0 Å². The predicted octanol–water partition coefficient (Wildman–Crippen LogP) is 1.09. The van der Waals surface area contributed by atoms with Crippen LogP contribution in [0.25, 0.3) is 11.0 Å². The van der Waals surface area contributed by atoms with Crippen LogP contribution in [0.4, 0.5) is 0 Å². The van der Waals surface area contributed by atoms with Crippen molar-refractivity contribution in [3.05, 3.63) is 68.0 Å². The second-order valence-corrected chi connectivity index (χ2v) is 5.85. The van der Waals surface area contributed by atoms with Crippen LogP contribution in [0.1, 0.15) is 21.6 Å². The van der Waals surface area contributed by atoms with Gasteiger partial charge < -0.3 is 9.67 Å². The standard InChI is InChI=1S/C17H17N3O4/c1-10-4-6-11(7-5-10)9-20-13(16(22)23)8-12-14(20)18(2)17(24)19(3)15(12)21/h4-8H,9H2,1-3H3,(H,22,23). The van der Waals surface area contributed by atoms with Crippen molar-refractivity contribution in [1.29, 1.82) is 0 Å². The number of aromatic nitrogens is 3. The van der Waals surface area contributed by atoms with Crippen molar-refractivity contribution in [3.63, 3.8) is 0 Å². The molecule has 0 saturated carbocycles. The summed E-state index contributed by atoms with van der Waals surface area (Å²) in [4.78, 5) is 36.1. The lowest BCUT2D eigenvalue weighted by Crippen LogP contribution is -2.37. The smallest absolute Gasteiger partial charge is 0.352 e. The highest BCUT2D eigenvalue weighted by Crippen LogP contribution is 2.18. The van der Waals surface area contributed by atoms with Gasteiger partial charge in [-0.3, -0.25) is 13.9 Å². The number of carbonyl (C=O) groups is 1. The average Bonchev–Trinajstić information content (AvgIpc) is 2.92. The fourth-order valence-corrected chi connectivity index (χ4v) is 2.85. The number of benzene rings is 1. The molecule has 0 amide bonds. The second kappa shape index (κ2) is 5.52. The van der Waals surface area contributed by atoms with Gasteiger partial charge in [0.25, 0.3) is 5.56 Å². The Hall–Kier alpha value is -3.09. The Morgan fingerprint density at radius 3 is 2.29 bits per heavy atom. The third-order valence-corrected chi connectivity index (χ3v) is 4.18. The van der Waals surface area contributed by atoms with E-state index in [0.717, 1.165) is 15.7 Å². The fourth-order valence-electron chi connectivity index (χ4n) is 2.85. The molecular weight excluding hydrogens is 310 g/mol. The Labute approximate surface area is 137 Å². The number of carboxylic acids is 1. The van der Waals surface area contributed by atoms with Gasteiger partial charge in [0.2, 0.25) is 0 Å². The van der Waals surface area contributed by atoms with E-state index in [1.54, 1.807) is 0 Å². The van der Waals surface area contributed by atoms with Crippen LogP contribution in [0.2, 0.25) is 0 Å². The van der Waals surface area contributed by atoms with E-state index < -0.39 is 17.2 Å². The summed E-state index contributed by atoms with van der Waals surface area (Å²) in [6.07, 6.45) is 0. The monoisotopic (exact) mass is 327 g/mol. The first-order valence-electron chi connectivity index (χ1n) is 7.39. The van der Waals surface area contributed by atoms with Crippen molar-refractivity contribution >= 4 is 17.0 Å². The SMILES string of the molecule is Cc1ccc(Cn2c(C(=O)O)cc3c(=O)n(C)c(=O)n(C)c32)cc1. The summed E-state index contributed by atoms with van der Waals surface area (Å²) >= 11 is 0. The summed E-state index contributed by atoms with van der Waals surface area (Å²) in [5, 5.41) is 9.70. The molecule has 0 saturated heterocycles. The van der Waals surface area contributed by atoms with Crippen LogP contribution in [0.15, 0.2) is 39.9 Å². The molecule has 0 fully saturated rings. The van der Waals surface area contributed by atoms with E-state index in [0.29, 0.717) is 5.65 Å². The molecule has 0 aliphatic heterocycles. The van der Waals surface area contributed by atoms with Crippen molar-refractivity contribution in [2.24, 2.45) is 14.1 Å². The number of rotatable bonds is 3. The van der Waals surface area contributed by atoms with Crippen LogP contribution in [0.5, 0.6) is 0 Å². The molecule has 1 aromatic carbocycles. The molecule has 0 spiro atoms. The molecule has 0 bridgehead atoms. The summed E-state index contributed by atoms with van der Waals surface area (Å²) < 4.78 is 3.77. The van der Waals surface area contributed by atoms with E-state index in [2.05, 4.69) is 0 Å². The Balaban J connectivity index is 2.34. The molecule has 7 heteroatoms. The zero-order valence-electron chi connectivity index (χ0n) is 13.6. The highest BCUT2D eigenvalue weighted by atomic mass is 16.4. The molecule has 2 aromatic heterocycles. The zero-order valence-corrected chi connectivity index (χ0v) is 13.6. The van der Waals surface area contributed by atoms with Gasteiger partial charge in [-0.2, -0.15) is 0 Å². The van der Waals surface area contributed by atoms with Crippen molar-refractivity contribution in [1.82, 2.24) is 13.7 Å². The molecule has 3 rings (SSSR count). The van der Waals surface area contributed by atoms with Crippen LogP contribution >= 0.6 is 0 Å². The Morgan fingerprint density at radius 2 is 1.71 bits per heavy atom. The highest BCUT2D eigenvalue weighted by molar-refractivity contribution is 5.93. The lowest BCUT2D eigenvalue weighted by atomic mass is 10.1. The lowest BCUT2D eigenvalue weighted by Gasteiger charge is -2.12. The van der Waals surface area contributed by atoms with Gasteiger partial charge >= 0.3 is 11.7 Å². The minimum Gasteiger partial charge on any atom is -0.477 e. The molecule has 0 aliphatic carbocycles. The number of hydrogen-bond donors (Lipinski definition) is 1. The summed E-state index contributed by atoms with van der Waals surface area (Å²) in [6.45, 7) is 2.22. The van der Waals surface area contributed by atoms with Gasteiger partial charge in [0, 0.05) is 20.6 Å². The number of hydrogen-bond acceptors (Lipinski definition) is 3. The number of aromatic carboxylic acids is 1. The topological polar surface area (TPSA) is 86.2 Å². The quantitative estimate of drug-likeness (QED) is 0.780. The Bertz CT molecular complexity index is 1070. The maximum Gasteiger partial charge on any atom is 0.352 e. The number of aryl methyl sites for hydroxylation is 2. The molecule has 0 aliphatic rings. The maximum absolute atomic E-state index is 12.3. The molecule has 1 N–H and O–H groups in total. The van der Waals surface area contributed by atoms with Crippen LogP contribution in [-0.2, 0) is 20.6 Å². The first kappa shape index (κ1) is 15.8. The second-order valence-electron chi connectivity index (χ2n) is 5.85. The van der Waals surface area contributed by atoms with Crippen molar-refractivity contribution in [3.8, 4) is 0 Å². The van der Waals surface area contributed by atoms with E-state index in [-0.39, 0.29) is 17.6 Å². The molecule has 7 nitrogen and oxygen atoms in total. The molecule has 0 unspecified atom stereocenters. The van der Waals surface area contributed by atoms with Gasteiger partial charge in [0.1, 0.15) is 11.3 Å². The van der Waals surface area contributed by atoms with E-state index in [1.807, 2.05) is 31.2 Å². The van der Waals surface area contributed by atoms with Gasteiger partial charge in [-0.1, -0.05) is 29.8 Å². The summed E-state index contributed by atoms with van der Waals surface area (Å²) in [7, 11) is 2.91. The summed E-state index contributed by atoms with van der Waals surface area (Å²) in [5.74, 6) is -1.15. The van der Waals surface area contributed by atoms with E-state index in [9.17, 15) is 19.5 Å². The highest BCUT2D eigenvalue weighted by Gasteiger charge is 2.20. The van der Waals surface area contributed by atoms with Crippen molar-refractivity contribution in [2.75, 3.05) is 0 Å². The molecule has 3 aromatic rings. The molecule has 24 heavy (non-hydrogen) atoms. The molecule has 0 atom stereocenters. The van der Waals surface area contributed by atoms with Gasteiger partial charge in [-0.05, 0) is 18.6 Å². The Kier molecular flexibility index (Phi) is 3.63. The van der Waals surface area contributed by atoms with Gasteiger partial charge in [-0.15, -0.1) is 0 Å². The first-order valence-corrected chi connectivity index (χ1v) is 7.39. The molecule has 0 radical (unpaired) electrons. The van der Waals surface area contributed by atoms with Gasteiger partial charge in [-0.25, -0.2) is 9.59 Å². The number of carboxylic acid groups (broad SMARTS) is 1. The van der Waals surface area contributed by atoms with Crippen molar-refractivity contribution < 1.29 is 9.90 Å². The van der Waals surface area contributed by atoms with Gasteiger partial charge in [0.05, 0.1) is 5.39 Å². The summed E-state index contributed by atoms with van der Waals surface area (Å²) in [6, 6.07) is 8.98. The van der Waals surface area contributed by atoms with Crippen molar-refractivity contribution in [2.45, 2.75) is 13.5 Å². The molecule has 2 heterocycles. The number of nitrogens with zero attached hydrogens (tertiary/aromatic N) is 3. The van der Waals surface area contributed by atoms with Gasteiger partial charge in [0.15, 0.2) is 0 Å². The summed E-state index contributed by atoms with van der Waals surface area (Å²) in [5.41, 5.74) is 1.26. The normalized spacial score (nSPS) is 11.1. The number of fused-ring (bicyclic) bond motifs is 1.